The van der Waals surface area contributed by atoms with E-state index in [-0.39, 0.29) is 0 Å². The molecule has 0 bridgehead atoms. The fourth-order valence-corrected chi connectivity index (χ4v) is 2.93. The lowest BCUT2D eigenvalue weighted by molar-refractivity contribution is -0.147. The van der Waals surface area contributed by atoms with Gasteiger partial charge in [-0.3, -0.25) is 4.90 Å². The summed E-state index contributed by atoms with van der Waals surface area (Å²) >= 11 is 4.77. The minimum atomic E-state index is -4.12. The minimum Gasteiger partial charge on any atom is -0.290 e. The Labute approximate surface area is 105 Å². The third-order valence-corrected chi connectivity index (χ3v) is 3.63. The first-order chi connectivity index (χ1) is 7.40. The maximum absolute atomic E-state index is 12.3. The van der Waals surface area contributed by atoms with Crippen LogP contribution in [0.3, 0.4) is 0 Å². The zero-order chi connectivity index (χ0) is 12.2. The van der Waals surface area contributed by atoms with Crippen LogP contribution in [0.4, 0.5) is 13.2 Å². The van der Waals surface area contributed by atoms with E-state index in [0.717, 1.165) is 15.8 Å². The Morgan fingerprint density at radius 2 is 2.12 bits per heavy atom. The highest BCUT2D eigenvalue weighted by molar-refractivity contribution is 9.10. The first-order valence-electron chi connectivity index (χ1n) is 4.92. The topological polar surface area (TPSA) is 3.24 Å². The number of nitrogens with zero attached hydrogens (tertiary/aromatic N) is 1. The van der Waals surface area contributed by atoms with Gasteiger partial charge in [-0.1, -0.05) is 6.92 Å². The fourth-order valence-electron chi connectivity index (χ4n) is 1.44. The molecule has 0 N–H and O–H groups in total. The zero-order valence-electron chi connectivity index (χ0n) is 8.85. The van der Waals surface area contributed by atoms with E-state index in [9.17, 15) is 13.2 Å². The minimum absolute atomic E-state index is 0.365. The van der Waals surface area contributed by atoms with Crippen LogP contribution in [0.5, 0.6) is 0 Å². The molecule has 1 aromatic heterocycles. The van der Waals surface area contributed by atoms with Gasteiger partial charge < -0.3 is 0 Å². The van der Waals surface area contributed by atoms with Crippen LogP contribution in [0.2, 0.25) is 0 Å². The van der Waals surface area contributed by atoms with Crippen molar-refractivity contribution in [2.24, 2.45) is 0 Å². The Morgan fingerprint density at radius 3 is 2.56 bits per heavy atom. The van der Waals surface area contributed by atoms with Crippen LogP contribution in [0, 0.1) is 0 Å². The van der Waals surface area contributed by atoms with Crippen molar-refractivity contribution in [3.63, 3.8) is 0 Å². The van der Waals surface area contributed by atoms with Gasteiger partial charge in [0, 0.05) is 21.3 Å². The van der Waals surface area contributed by atoms with Crippen molar-refractivity contribution in [3.05, 3.63) is 20.8 Å². The second-order valence-corrected chi connectivity index (χ2v) is 5.47. The molecule has 1 heterocycles. The van der Waals surface area contributed by atoms with Gasteiger partial charge in [-0.15, -0.1) is 11.3 Å². The molecule has 0 aliphatic rings. The van der Waals surface area contributed by atoms with Crippen LogP contribution < -0.4 is 0 Å². The van der Waals surface area contributed by atoms with Crippen molar-refractivity contribution < 1.29 is 13.2 Å². The predicted octanol–water partition coefficient (Wildman–Crippen LogP) is 4.28. The lowest BCUT2D eigenvalue weighted by atomic mass is 10.3. The summed E-state index contributed by atoms with van der Waals surface area (Å²) in [5, 5.41) is 1.88. The molecular weight excluding hydrogens is 303 g/mol. The number of alkyl halides is 3. The molecule has 1 aromatic rings. The summed E-state index contributed by atoms with van der Waals surface area (Å²) in [6, 6.07) is 1.86. The molecule has 0 saturated carbocycles. The molecule has 0 atom stereocenters. The second-order valence-electron chi connectivity index (χ2n) is 3.56. The van der Waals surface area contributed by atoms with Crippen LogP contribution in [0.15, 0.2) is 15.9 Å². The van der Waals surface area contributed by atoms with Gasteiger partial charge in [-0.2, -0.15) is 13.2 Å². The molecule has 0 unspecified atom stereocenters. The van der Waals surface area contributed by atoms with E-state index in [1.807, 2.05) is 18.4 Å². The van der Waals surface area contributed by atoms with Gasteiger partial charge in [0.15, 0.2) is 0 Å². The molecule has 16 heavy (non-hydrogen) atoms. The standard InChI is InChI=1S/C10H13BrF3NS/c1-2-3-15(7-10(12,13)14)5-9-4-8(11)6-16-9/h4,6H,2-3,5,7H2,1H3. The summed E-state index contributed by atoms with van der Waals surface area (Å²) in [7, 11) is 0. The third-order valence-electron chi connectivity index (χ3n) is 1.94. The Balaban J connectivity index is 2.57. The van der Waals surface area contributed by atoms with E-state index in [1.165, 1.54) is 16.2 Å². The van der Waals surface area contributed by atoms with Gasteiger partial charge in [0.1, 0.15) is 0 Å². The van der Waals surface area contributed by atoms with E-state index in [0.29, 0.717) is 13.1 Å². The summed E-state index contributed by atoms with van der Waals surface area (Å²) in [5.41, 5.74) is 0. The summed E-state index contributed by atoms with van der Waals surface area (Å²) in [4.78, 5) is 2.38. The van der Waals surface area contributed by atoms with Crippen LogP contribution >= 0.6 is 27.3 Å². The molecule has 1 rings (SSSR count). The van der Waals surface area contributed by atoms with E-state index < -0.39 is 12.7 Å². The highest BCUT2D eigenvalue weighted by Crippen LogP contribution is 2.23. The molecule has 0 amide bonds. The quantitative estimate of drug-likeness (QED) is 0.783. The molecule has 92 valence electrons. The van der Waals surface area contributed by atoms with E-state index in [4.69, 9.17) is 0 Å². The predicted molar refractivity (Wildman–Crippen MR) is 63.6 cm³/mol. The number of rotatable bonds is 5. The molecule has 0 aliphatic heterocycles. The maximum atomic E-state index is 12.3. The van der Waals surface area contributed by atoms with Gasteiger partial charge in [-0.25, -0.2) is 0 Å². The smallest absolute Gasteiger partial charge is 0.290 e. The van der Waals surface area contributed by atoms with Gasteiger partial charge in [0.05, 0.1) is 6.54 Å². The first kappa shape index (κ1) is 14.0. The molecule has 1 nitrogen and oxygen atoms in total. The first-order valence-corrected chi connectivity index (χ1v) is 6.60. The molecule has 0 fully saturated rings. The molecule has 0 spiro atoms. The van der Waals surface area contributed by atoms with E-state index >= 15 is 0 Å². The van der Waals surface area contributed by atoms with Crippen LogP contribution in [0.1, 0.15) is 18.2 Å². The Morgan fingerprint density at radius 1 is 1.44 bits per heavy atom. The molecular formula is C10H13BrF3NS. The number of halogens is 4. The monoisotopic (exact) mass is 315 g/mol. The summed E-state index contributed by atoms with van der Waals surface area (Å²) in [6.45, 7) is 1.88. The average molecular weight is 316 g/mol. The number of hydrogen-bond donors (Lipinski definition) is 0. The second kappa shape index (κ2) is 6.02. The highest BCUT2D eigenvalue weighted by atomic mass is 79.9. The van der Waals surface area contributed by atoms with Crippen molar-refractivity contribution >= 4 is 27.3 Å². The summed E-state index contributed by atoms with van der Waals surface area (Å²) in [6.07, 6.45) is -3.40. The molecule has 0 aromatic carbocycles. The van der Waals surface area contributed by atoms with E-state index in [1.54, 1.807) is 0 Å². The molecule has 6 heteroatoms. The van der Waals surface area contributed by atoms with Gasteiger partial charge >= 0.3 is 6.18 Å². The van der Waals surface area contributed by atoms with E-state index in [2.05, 4.69) is 15.9 Å². The summed E-state index contributed by atoms with van der Waals surface area (Å²) in [5.74, 6) is 0. The van der Waals surface area contributed by atoms with Crippen LogP contribution in [-0.2, 0) is 6.54 Å². The number of hydrogen-bond acceptors (Lipinski definition) is 2. The Kier molecular flexibility index (Phi) is 5.27. The van der Waals surface area contributed by atoms with Gasteiger partial charge in [0.2, 0.25) is 0 Å². The molecule has 0 aliphatic carbocycles. The fraction of sp³-hybridized carbons (Fsp3) is 0.600. The largest absolute Gasteiger partial charge is 0.401 e. The van der Waals surface area contributed by atoms with Crippen molar-refractivity contribution in [1.82, 2.24) is 4.90 Å². The Hall–Kier alpha value is -0.0700. The zero-order valence-corrected chi connectivity index (χ0v) is 11.3. The van der Waals surface area contributed by atoms with Crippen LogP contribution in [0.25, 0.3) is 0 Å². The average Bonchev–Trinajstić information content (AvgIpc) is 2.48. The van der Waals surface area contributed by atoms with Crippen molar-refractivity contribution in [3.8, 4) is 0 Å². The molecule has 0 saturated heterocycles. The Bertz CT molecular complexity index is 324. The van der Waals surface area contributed by atoms with Crippen LogP contribution in [-0.4, -0.2) is 24.2 Å². The number of thiophene rings is 1. The lowest BCUT2D eigenvalue weighted by Crippen LogP contribution is -2.34. The van der Waals surface area contributed by atoms with Crippen molar-refractivity contribution in [1.29, 1.82) is 0 Å². The van der Waals surface area contributed by atoms with Gasteiger partial charge in [0.25, 0.3) is 0 Å². The SMILES string of the molecule is CCCN(Cc1cc(Br)cs1)CC(F)(F)F. The maximum Gasteiger partial charge on any atom is 0.401 e. The highest BCUT2D eigenvalue weighted by Gasteiger charge is 2.30. The van der Waals surface area contributed by atoms with Crippen molar-refractivity contribution in [2.75, 3.05) is 13.1 Å². The third kappa shape index (κ3) is 5.32. The lowest BCUT2D eigenvalue weighted by Gasteiger charge is -2.22. The normalized spacial score (nSPS) is 12.4. The molecule has 0 radical (unpaired) electrons. The van der Waals surface area contributed by atoms with Gasteiger partial charge in [-0.05, 0) is 35.0 Å². The van der Waals surface area contributed by atoms with Crippen molar-refractivity contribution in [2.45, 2.75) is 26.1 Å². The summed E-state index contributed by atoms with van der Waals surface area (Å²) < 4.78 is 37.8.